The molecule has 0 saturated carbocycles. The van der Waals surface area contributed by atoms with Gasteiger partial charge in [0.15, 0.2) is 5.92 Å². The van der Waals surface area contributed by atoms with Crippen LogP contribution in [0.1, 0.15) is 21.8 Å². The molecule has 8 nitrogen and oxygen atoms in total. The van der Waals surface area contributed by atoms with Gasteiger partial charge in [-0.1, -0.05) is 6.07 Å². The monoisotopic (exact) mass is 281 g/mol. The number of ether oxygens (including phenoxy) is 2. The van der Waals surface area contributed by atoms with Gasteiger partial charge in [0.1, 0.15) is 6.29 Å². The van der Waals surface area contributed by atoms with Crippen molar-refractivity contribution in [1.82, 2.24) is 0 Å². The van der Waals surface area contributed by atoms with Crippen molar-refractivity contribution in [2.45, 2.75) is 5.92 Å². The van der Waals surface area contributed by atoms with Crippen LogP contribution in [0.4, 0.5) is 5.69 Å². The van der Waals surface area contributed by atoms with Crippen LogP contribution in [0.25, 0.3) is 0 Å². The molecule has 0 unspecified atom stereocenters. The van der Waals surface area contributed by atoms with Gasteiger partial charge in [0.2, 0.25) is 0 Å². The Morgan fingerprint density at radius 1 is 1.25 bits per heavy atom. The van der Waals surface area contributed by atoms with Gasteiger partial charge in [-0.25, -0.2) is 0 Å². The first-order valence-electron chi connectivity index (χ1n) is 5.35. The number of benzene rings is 1. The minimum Gasteiger partial charge on any atom is -0.468 e. The Bertz CT molecular complexity index is 551. The maximum absolute atomic E-state index is 11.6. The van der Waals surface area contributed by atoms with Crippen LogP contribution >= 0.6 is 0 Å². The number of nitrogens with zero attached hydrogens (tertiary/aromatic N) is 1. The molecule has 1 aromatic rings. The molecule has 106 valence electrons. The maximum Gasteiger partial charge on any atom is 0.324 e. The number of esters is 2. The van der Waals surface area contributed by atoms with Crippen molar-refractivity contribution in [1.29, 1.82) is 0 Å². The predicted octanol–water partition coefficient (Wildman–Crippen LogP) is 0.837. The summed E-state index contributed by atoms with van der Waals surface area (Å²) >= 11 is 0. The number of methoxy groups -OCH3 is 2. The second-order valence-corrected chi connectivity index (χ2v) is 3.67. The average molecular weight is 281 g/mol. The van der Waals surface area contributed by atoms with E-state index in [2.05, 4.69) is 9.47 Å². The number of aldehydes is 1. The highest BCUT2D eigenvalue weighted by molar-refractivity contribution is 6.01. The van der Waals surface area contributed by atoms with Crippen molar-refractivity contribution in [3.05, 3.63) is 39.4 Å². The Labute approximate surface area is 113 Å². The van der Waals surface area contributed by atoms with Crippen LogP contribution in [0.2, 0.25) is 0 Å². The van der Waals surface area contributed by atoms with Crippen LogP contribution in [-0.4, -0.2) is 37.4 Å². The number of nitro groups is 1. The second-order valence-electron chi connectivity index (χ2n) is 3.67. The van der Waals surface area contributed by atoms with E-state index in [0.29, 0.717) is 6.29 Å². The molecule has 0 aliphatic rings. The molecule has 1 aromatic carbocycles. The number of nitro benzene ring substituents is 1. The summed E-state index contributed by atoms with van der Waals surface area (Å²) in [6, 6.07) is 3.38. The fourth-order valence-corrected chi connectivity index (χ4v) is 1.62. The summed E-state index contributed by atoms with van der Waals surface area (Å²) in [5, 5.41) is 11.0. The smallest absolute Gasteiger partial charge is 0.324 e. The fraction of sp³-hybridized carbons (Fsp3) is 0.250. The summed E-state index contributed by atoms with van der Waals surface area (Å²) in [6.07, 6.45) is 0.419. The number of carbonyl (C=O) groups is 3. The van der Waals surface area contributed by atoms with Crippen LogP contribution in [0.3, 0.4) is 0 Å². The van der Waals surface area contributed by atoms with E-state index in [1.165, 1.54) is 6.07 Å². The molecule has 0 bridgehead atoms. The summed E-state index contributed by atoms with van der Waals surface area (Å²) in [5.41, 5.74) is -0.677. The van der Waals surface area contributed by atoms with Crippen molar-refractivity contribution in [3.63, 3.8) is 0 Å². The molecule has 20 heavy (non-hydrogen) atoms. The van der Waals surface area contributed by atoms with E-state index >= 15 is 0 Å². The van der Waals surface area contributed by atoms with E-state index < -0.39 is 28.5 Å². The van der Waals surface area contributed by atoms with Crippen LogP contribution in [0.5, 0.6) is 0 Å². The molecule has 0 aliphatic carbocycles. The van der Waals surface area contributed by atoms with Gasteiger partial charge in [0, 0.05) is 11.6 Å². The highest BCUT2D eigenvalue weighted by Crippen LogP contribution is 2.29. The molecule has 0 spiro atoms. The normalized spacial score (nSPS) is 9.95. The molecule has 0 aromatic heterocycles. The van der Waals surface area contributed by atoms with E-state index in [1.54, 1.807) is 0 Å². The molecule has 0 amide bonds. The molecule has 0 N–H and O–H groups in total. The summed E-state index contributed by atoms with van der Waals surface area (Å²) in [5.74, 6) is -3.55. The van der Waals surface area contributed by atoms with Gasteiger partial charge in [-0.3, -0.25) is 24.5 Å². The molecular formula is C12H11NO7. The van der Waals surface area contributed by atoms with Crippen molar-refractivity contribution >= 4 is 23.9 Å². The maximum atomic E-state index is 11.6. The highest BCUT2D eigenvalue weighted by atomic mass is 16.6. The van der Waals surface area contributed by atoms with Gasteiger partial charge >= 0.3 is 11.9 Å². The van der Waals surface area contributed by atoms with Gasteiger partial charge in [-0.05, 0) is 6.07 Å². The fourth-order valence-electron chi connectivity index (χ4n) is 1.62. The molecule has 1 rings (SSSR count). The van der Waals surface area contributed by atoms with E-state index in [0.717, 1.165) is 26.4 Å². The highest BCUT2D eigenvalue weighted by Gasteiger charge is 2.36. The van der Waals surface area contributed by atoms with Gasteiger partial charge in [-0.15, -0.1) is 0 Å². The average Bonchev–Trinajstić information content (AvgIpc) is 2.46. The van der Waals surface area contributed by atoms with Gasteiger partial charge in [0.05, 0.1) is 24.7 Å². The molecule has 0 saturated heterocycles. The number of carbonyl (C=O) groups excluding carboxylic acids is 3. The van der Waals surface area contributed by atoms with Crippen molar-refractivity contribution in [3.8, 4) is 0 Å². The molecule has 0 aliphatic heterocycles. The third kappa shape index (κ3) is 2.97. The largest absolute Gasteiger partial charge is 0.468 e. The minimum atomic E-state index is -1.58. The van der Waals surface area contributed by atoms with Crippen molar-refractivity contribution in [2.75, 3.05) is 14.2 Å². The molecule has 0 fully saturated rings. The summed E-state index contributed by atoms with van der Waals surface area (Å²) in [7, 11) is 2.09. The molecule has 0 radical (unpaired) electrons. The Balaban J connectivity index is 3.46. The first kappa shape index (κ1) is 15.3. The number of hydrogen-bond acceptors (Lipinski definition) is 7. The zero-order chi connectivity index (χ0) is 15.3. The van der Waals surface area contributed by atoms with E-state index in [1.807, 2.05) is 0 Å². The van der Waals surface area contributed by atoms with Gasteiger partial charge in [0.25, 0.3) is 5.69 Å². The predicted molar refractivity (Wildman–Crippen MR) is 65.3 cm³/mol. The van der Waals surface area contributed by atoms with Crippen LogP contribution < -0.4 is 0 Å². The second kappa shape index (κ2) is 6.41. The lowest BCUT2D eigenvalue weighted by Crippen LogP contribution is -2.25. The van der Waals surface area contributed by atoms with Crippen molar-refractivity contribution in [2.24, 2.45) is 0 Å². The lowest BCUT2D eigenvalue weighted by molar-refractivity contribution is -0.385. The molecule has 0 heterocycles. The minimum absolute atomic E-state index is 0.0499. The van der Waals surface area contributed by atoms with E-state index in [-0.39, 0.29) is 11.1 Å². The zero-order valence-electron chi connectivity index (χ0n) is 10.7. The van der Waals surface area contributed by atoms with Crippen LogP contribution in [0, 0.1) is 10.1 Å². The Hall–Kier alpha value is -2.77. The third-order valence-corrected chi connectivity index (χ3v) is 2.57. The SMILES string of the molecule is COC(=O)C(C(=O)OC)c1ccc(C=O)cc1[N+](=O)[O-]. The summed E-state index contributed by atoms with van der Waals surface area (Å²) in [6.45, 7) is 0. The summed E-state index contributed by atoms with van der Waals surface area (Å²) in [4.78, 5) is 44.1. The number of rotatable bonds is 5. The third-order valence-electron chi connectivity index (χ3n) is 2.57. The van der Waals surface area contributed by atoms with E-state index in [4.69, 9.17) is 0 Å². The Kier molecular flexibility index (Phi) is 4.90. The first-order chi connectivity index (χ1) is 9.46. The first-order valence-corrected chi connectivity index (χ1v) is 5.35. The molecular weight excluding hydrogens is 270 g/mol. The van der Waals surface area contributed by atoms with E-state index in [9.17, 15) is 24.5 Å². The standard InChI is InChI=1S/C12H11NO7/c1-19-11(15)10(12(16)20-2)8-4-3-7(6-14)5-9(8)13(17)18/h3-6,10H,1-2H3. The van der Waals surface area contributed by atoms with Crippen molar-refractivity contribution < 1.29 is 28.8 Å². The number of hydrogen-bond donors (Lipinski definition) is 0. The molecule has 0 atom stereocenters. The lowest BCUT2D eigenvalue weighted by atomic mass is 9.96. The quantitative estimate of drug-likeness (QED) is 0.258. The summed E-state index contributed by atoms with van der Waals surface area (Å²) < 4.78 is 8.90. The Morgan fingerprint density at radius 2 is 1.80 bits per heavy atom. The van der Waals surface area contributed by atoms with Gasteiger partial charge in [-0.2, -0.15) is 0 Å². The zero-order valence-corrected chi connectivity index (χ0v) is 10.7. The topological polar surface area (TPSA) is 113 Å². The van der Waals surface area contributed by atoms with Crippen LogP contribution in [0.15, 0.2) is 18.2 Å². The lowest BCUT2D eigenvalue weighted by Gasteiger charge is -2.13. The molecule has 8 heteroatoms. The Morgan fingerprint density at radius 3 is 2.20 bits per heavy atom. The van der Waals surface area contributed by atoms with Gasteiger partial charge < -0.3 is 9.47 Å². The van der Waals surface area contributed by atoms with Crippen LogP contribution in [-0.2, 0) is 19.1 Å².